The van der Waals surface area contributed by atoms with Crippen LogP contribution in [0.3, 0.4) is 0 Å². The maximum atomic E-state index is 12.9. The van der Waals surface area contributed by atoms with Crippen LogP contribution in [0.25, 0.3) is 5.65 Å². The third-order valence-electron chi connectivity index (χ3n) is 4.37. The maximum Gasteiger partial charge on any atom is 0.416 e. The monoisotopic (exact) mass is 455 g/mol. The zero-order valence-electron chi connectivity index (χ0n) is 17.1. The van der Waals surface area contributed by atoms with Gasteiger partial charge < -0.3 is 15.4 Å². The van der Waals surface area contributed by atoms with Crippen molar-refractivity contribution in [1.82, 2.24) is 14.6 Å². The summed E-state index contributed by atoms with van der Waals surface area (Å²) >= 11 is 0. The topological polar surface area (TPSA) is 97.6 Å². The first-order chi connectivity index (χ1) is 15.7. The molecule has 2 amide bonds. The number of alkyl halides is 3. The van der Waals surface area contributed by atoms with Gasteiger partial charge in [-0.25, -0.2) is 9.50 Å². The van der Waals surface area contributed by atoms with Crippen LogP contribution in [0.1, 0.15) is 22.8 Å². The molecule has 4 aromatic rings. The van der Waals surface area contributed by atoms with Gasteiger partial charge in [0.2, 0.25) is 11.8 Å². The minimum atomic E-state index is -4.55. The molecule has 0 saturated carbocycles. The van der Waals surface area contributed by atoms with Crippen molar-refractivity contribution in [3.63, 3.8) is 0 Å². The summed E-state index contributed by atoms with van der Waals surface area (Å²) in [6, 6.07) is 13.7. The van der Waals surface area contributed by atoms with E-state index < -0.39 is 17.6 Å². The van der Waals surface area contributed by atoms with Crippen molar-refractivity contribution >= 4 is 29.0 Å². The number of carbonyl (C=O) groups excluding carboxylic acids is 2. The SMILES string of the molecule is CC(=O)Nc1cn2nc(Oc3cccc(NC(=O)c4cccc(C(F)(F)F)c4)c3)ccc2n1. The van der Waals surface area contributed by atoms with Crippen molar-refractivity contribution in [2.75, 3.05) is 10.6 Å². The summed E-state index contributed by atoms with van der Waals surface area (Å²) in [5.41, 5.74) is -0.215. The molecule has 0 unspecified atom stereocenters. The molecule has 2 heterocycles. The number of benzene rings is 2. The number of nitrogens with zero attached hydrogens (tertiary/aromatic N) is 3. The Morgan fingerprint density at radius 3 is 2.55 bits per heavy atom. The molecule has 0 spiro atoms. The van der Waals surface area contributed by atoms with E-state index in [1.807, 2.05) is 0 Å². The molecule has 0 radical (unpaired) electrons. The van der Waals surface area contributed by atoms with Gasteiger partial charge in [0.25, 0.3) is 5.91 Å². The van der Waals surface area contributed by atoms with Crippen molar-refractivity contribution in [3.05, 3.63) is 78.0 Å². The largest absolute Gasteiger partial charge is 0.438 e. The molecule has 2 N–H and O–H groups in total. The third kappa shape index (κ3) is 5.26. The zero-order valence-corrected chi connectivity index (χ0v) is 17.1. The lowest BCUT2D eigenvalue weighted by Crippen LogP contribution is -2.13. The van der Waals surface area contributed by atoms with Gasteiger partial charge in [-0.15, -0.1) is 5.10 Å². The van der Waals surface area contributed by atoms with Crippen LogP contribution < -0.4 is 15.4 Å². The van der Waals surface area contributed by atoms with E-state index in [1.165, 1.54) is 35.8 Å². The highest BCUT2D eigenvalue weighted by atomic mass is 19.4. The van der Waals surface area contributed by atoms with Crippen LogP contribution in [0.15, 0.2) is 66.9 Å². The highest BCUT2D eigenvalue weighted by molar-refractivity contribution is 6.04. The van der Waals surface area contributed by atoms with Gasteiger partial charge in [-0.1, -0.05) is 12.1 Å². The van der Waals surface area contributed by atoms with Gasteiger partial charge in [0.05, 0.1) is 11.8 Å². The van der Waals surface area contributed by atoms with E-state index >= 15 is 0 Å². The van der Waals surface area contributed by atoms with Crippen LogP contribution >= 0.6 is 0 Å². The summed E-state index contributed by atoms with van der Waals surface area (Å²) < 4.78 is 45.8. The fourth-order valence-electron chi connectivity index (χ4n) is 2.96. The quantitative estimate of drug-likeness (QED) is 0.453. The zero-order chi connectivity index (χ0) is 23.6. The predicted molar refractivity (Wildman–Crippen MR) is 113 cm³/mol. The molecule has 0 fully saturated rings. The molecule has 2 aromatic heterocycles. The number of rotatable bonds is 5. The first kappa shape index (κ1) is 21.8. The van der Waals surface area contributed by atoms with Gasteiger partial charge in [-0.05, 0) is 36.4 Å². The van der Waals surface area contributed by atoms with Gasteiger partial charge in [-0.2, -0.15) is 13.2 Å². The predicted octanol–water partition coefficient (Wildman–Crippen LogP) is 4.75. The number of amides is 2. The lowest BCUT2D eigenvalue weighted by Gasteiger charge is -2.10. The first-order valence-corrected chi connectivity index (χ1v) is 9.58. The van der Waals surface area contributed by atoms with Crippen molar-refractivity contribution in [2.45, 2.75) is 13.1 Å². The second kappa shape index (κ2) is 8.61. The first-order valence-electron chi connectivity index (χ1n) is 9.58. The van der Waals surface area contributed by atoms with E-state index in [0.717, 1.165) is 12.1 Å². The van der Waals surface area contributed by atoms with Crippen LogP contribution in [0.5, 0.6) is 11.6 Å². The summed E-state index contributed by atoms with van der Waals surface area (Å²) in [5.74, 6) is -0.0615. The third-order valence-corrected chi connectivity index (χ3v) is 4.37. The Kier molecular flexibility index (Phi) is 5.69. The van der Waals surface area contributed by atoms with Crippen molar-refractivity contribution < 1.29 is 27.5 Å². The van der Waals surface area contributed by atoms with E-state index in [9.17, 15) is 22.8 Å². The van der Waals surface area contributed by atoms with Crippen molar-refractivity contribution in [2.24, 2.45) is 0 Å². The van der Waals surface area contributed by atoms with Crippen molar-refractivity contribution in [1.29, 1.82) is 0 Å². The van der Waals surface area contributed by atoms with Crippen LogP contribution in [0.4, 0.5) is 24.7 Å². The molecule has 2 aromatic carbocycles. The van der Waals surface area contributed by atoms with Crippen molar-refractivity contribution in [3.8, 4) is 11.6 Å². The average molecular weight is 455 g/mol. The number of hydrogen-bond acceptors (Lipinski definition) is 5. The number of hydrogen-bond donors (Lipinski definition) is 2. The number of halogens is 3. The Bertz CT molecular complexity index is 1350. The summed E-state index contributed by atoms with van der Waals surface area (Å²) in [4.78, 5) is 27.8. The Labute approximate surface area is 185 Å². The molecule has 4 rings (SSSR count). The normalized spacial score (nSPS) is 11.3. The van der Waals surface area contributed by atoms with E-state index in [4.69, 9.17) is 4.74 Å². The Balaban J connectivity index is 1.49. The number of nitrogens with one attached hydrogen (secondary N) is 2. The molecule has 0 aliphatic rings. The lowest BCUT2D eigenvalue weighted by atomic mass is 10.1. The molecule has 8 nitrogen and oxygen atoms in total. The van der Waals surface area contributed by atoms with Crippen LogP contribution in [-0.2, 0) is 11.0 Å². The number of anilines is 2. The number of imidazole rings is 1. The van der Waals surface area contributed by atoms with Crippen LogP contribution in [0.2, 0.25) is 0 Å². The molecule has 11 heteroatoms. The van der Waals surface area contributed by atoms with Gasteiger partial charge in [0.15, 0.2) is 11.5 Å². The van der Waals surface area contributed by atoms with E-state index in [0.29, 0.717) is 22.9 Å². The van der Waals surface area contributed by atoms with Gasteiger partial charge in [0.1, 0.15) is 5.75 Å². The second-order valence-corrected chi connectivity index (χ2v) is 6.94. The molecule has 168 valence electrons. The number of fused-ring (bicyclic) bond motifs is 1. The number of carbonyl (C=O) groups is 2. The minimum absolute atomic E-state index is 0.127. The molecule has 0 aliphatic carbocycles. The molecule has 33 heavy (non-hydrogen) atoms. The van der Waals surface area contributed by atoms with E-state index in [2.05, 4.69) is 20.7 Å². The summed E-state index contributed by atoms with van der Waals surface area (Å²) in [7, 11) is 0. The average Bonchev–Trinajstić information content (AvgIpc) is 3.14. The van der Waals surface area contributed by atoms with E-state index in [1.54, 1.807) is 30.3 Å². The Morgan fingerprint density at radius 1 is 1.00 bits per heavy atom. The van der Waals surface area contributed by atoms with Gasteiger partial charge >= 0.3 is 6.18 Å². The van der Waals surface area contributed by atoms with Crippen LogP contribution in [-0.4, -0.2) is 26.4 Å². The second-order valence-electron chi connectivity index (χ2n) is 6.94. The summed E-state index contributed by atoms with van der Waals surface area (Å²) in [6.07, 6.45) is -3.02. The summed E-state index contributed by atoms with van der Waals surface area (Å²) in [6.45, 7) is 1.37. The lowest BCUT2D eigenvalue weighted by molar-refractivity contribution is -0.137. The highest BCUT2D eigenvalue weighted by Gasteiger charge is 2.30. The molecule has 0 aliphatic heterocycles. The number of aromatic nitrogens is 3. The smallest absolute Gasteiger partial charge is 0.416 e. The van der Waals surface area contributed by atoms with Gasteiger partial charge in [-0.3, -0.25) is 9.59 Å². The van der Waals surface area contributed by atoms with Gasteiger partial charge in [0, 0.05) is 30.3 Å². The molecular formula is C22H16F3N5O3. The maximum absolute atomic E-state index is 12.9. The Hall–Kier alpha value is -4.41. The van der Waals surface area contributed by atoms with E-state index in [-0.39, 0.29) is 17.4 Å². The standard InChI is InChI=1S/C22H16F3N5O3/c1-13(31)26-18-12-30-19(28-18)8-9-20(29-30)33-17-7-3-6-16(11-17)27-21(32)14-4-2-5-15(10-14)22(23,24)25/h2-12H,1H3,(H,26,31)(H,27,32). The molecule has 0 bridgehead atoms. The Morgan fingerprint density at radius 2 is 1.79 bits per heavy atom. The molecule has 0 saturated heterocycles. The molecular weight excluding hydrogens is 439 g/mol. The minimum Gasteiger partial charge on any atom is -0.438 e. The summed E-state index contributed by atoms with van der Waals surface area (Å²) in [5, 5.41) is 9.37. The fourth-order valence-corrected chi connectivity index (χ4v) is 2.96. The molecule has 0 atom stereocenters. The number of ether oxygens (including phenoxy) is 1. The fraction of sp³-hybridized carbons (Fsp3) is 0.0909. The highest BCUT2D eigenvalue weighted by Crippen LogP contribution is 2.30. The van der Waals surface area contributed by atoms with Crippen LogP contribution in [0, 0.1) is 0 Å².